The van der Waals surface area contributed by atoms with Crippen molar-refractivity contribution in [3.63, 3.8) is 0 Å². The van der Waals surface area contributed by atoms with Gasteiger partial charge in [0.2, 0.25) is 0 Å². The highest BCUT2D eigenvalue weighted by Crippen LogP contribution is 2.74. The fraction of sp³-hybridized carbons (Fsp3) is 0.0667. The number of hydrogen-bond donors (Lipinski definition) is 1. The van der Waals surface area contributed by atoms with Gasteiger partial charge in [-0.15, -0.1) is 0 Å². The molecular formula is C30H17O3P. The molecule has 1 heterocycles. The molecule has 6 aromatic carbocycles. The van der Waals surface area contributed by atoms with Crippen molar-refractivity contribution in [1.82, 2.24) is 0 Å². The summed E-state index contributed by atoms with van der Waals surface area (Å²) in [6.45, 7) is 0. The highest BCUT2D eigenvalue weighted by molar-refractivity contribution is 7.41. The monoisotopic (exact) mass is 456 g/mol. The van der Waals surface area contributed by atoms with E-state index in [1.807, 2.05) is 0 Å². The van der Waals surface area contributed by atoms with Crippen LogP contribution in [-0.2, 0) is 20.2 Å². The summed E-state index contributed by atoms with van der Waals surface area (Å²) >= 11 is 0. The lowest BCUT2D eigenvalue weighted by atomic mass is 9.57. The van der Waals surface area contributed by atoms with Crippen LogP contribution in [0.5, 0.6) is 0 Å². The lowest BCUT2D eigenvalue weighted by molar-refractivity contribution is 0.00514. The molecule has 160 valence electrons. The van der Waals surface area contributed by atoms with Crippen LogP contribution in [0.1, 0.15) is 22.3 Å². The molecule has 1 aliphatic heterocycles. The Kier molecular flexibility index (Phi) is 3.00. The fourth-order valence-electron chi connectivity index (χ4n) is 7.11. The minimum Gasteiger partial charge on any atom is -0.328 e. The molecule has 2 aliphatic carbocycles. The summed E-state index contributed by atoms with van der Waals surface area (Å²) in [6.07, 6.45) is 0. The zero-order valence-electron chi connectivity index (χ0n) is 17.9. The second-order valence-corrected chi connectivity index (χ2v) is 10.4. The minimum absolute atomic E-state index is 0.988. The van der Waals surface area contributed by atoms with Gasteiger partial charge in [-0.25, -0.2) is 0 Å². The Hall–Kier alpha value is -3.33. The summed E-state index contributed by atoms with van der Waals surface area (Å²) in [6, 6.07) is 34.4. The topological polar surface area (TPSA) is 38.7 Å². The molecule has 0 atom stereocenters. The lowest BCUT2D eigenvalue weighted by Gasteiger charge is -2.50. The van der Waals surface area contributed by atoms with Crippen LogP contribution >= 0.6 is 8.60 Å². The first-order valence-electron chi connectivity index (χ1n) is 11.5. The summed E-state index contributed by atoms with van der Waals surface area (Å²) in [5.74, 6) is 0. The minimum atomic E-state index is -2.12. The molecule has 6 aromatic rings. The number of benzene rings is 6. The summed E-state index contributed by atoms with van der Waals surface area (Å²) in [4.78, 5) is 11.2. The molecule has 0 spiro atoms. The molecule has 0 amide bonds. The normalized spacial score (nSPS) is 26.1. The standard InChI is InChI=1S/C30H17O3P/c31-34-32-29-21-9-1-5-17-13-14-18-6-3-11-23(26(18)25(17)21)30(29,33-34)24-12-4-8-20-16-15-19-7-2-10-22(29)27(19)28(20)24/h1-16,31H. The molecule has 0 aromatic heterocycles. The average Bonchev–Trinajstić information content (AvgIpc) is 3.22. The third-order valence-corrected chi connectivity index (χ3v) is 9.07. The first-order chi connectivity index (χ1) is 16.7. The Labute approximate surface area is 196 Å². The zero-order chi connectivity index (χ0) is 22.2. The van der Waals surface area contributed by atoms with E-state index in [1.54, 1.807) is 0 Å². The van der Waals surface area contributed by atoms with E-state index in [1.165, 1.54) is 43.1 Å². The SMILES string of the molecule is OP1OC23c4cccc5ccc6cccc(c6c45)C2(O1)c1cccc2ccc4cccc3c4c12. The third kappa shape index (κ3) is 1.70. The van der Waals surface area contributed by atoms with Gasteiger partial charge in [-0.05, 0) is 43.1 Å². The maximum atomic E-state index is 11.2. The van der Waals surface area contributed by atoms with E-state index in [9.17, 15) is 4.89 Å². The summed E-state index contributed by atoms with van der Waals surface area (Å²) in [5, 5.41) is 9.41. The second kappa shape index (κ2) is 5.66. The van der Waals surface area contributed by atoms with Crippen LogP contribution in [0, 0.1) is 0 Å². The largest absolute Gasteiger partial charge is 0.332 e. The van der Waals surface area contributed by atoms with E-state index >= 15 is 0 Å². The van der Waals surface area contributed by atoms with Gasteiger partial charge < -0.3 is 4.89 Å². The van der Waals surface area contributed by atoms with E-state index in [-0.39, 0.29) is 0 Å². The Morgan fingerprint density at radius 3 is 1.03 bits per heavy atom. The van der Waals surface area contributed by atoms with Gasteiger partial charge in [0, 0.05) is 22.3 Å². The molecule has 4 heteroatoms. The first kappa shape index (κ1) is 18.1. The number of hydrogen-bond acceptors (Lipinski definition) is 3. The highest BCUT2D eigenvalue weighted by atomic mass is 31.2. The summed E-state index contributed by atoms with van der Waals surface area (Å²) < 4.78 is 13.4. The van der Waals surface area contributed by atoms with Crippen molar-refractivity contribution >= 4 is 51.7 Å². The molecule has 3 nitrogen and oxygen atoms in total. The van der Waals surface area contributed by atoms with Gasteiger partial charge in [-0.1, -0.05) is 97.1 Å². The van der Waals surface area contributed by atoms with Crippen molar-refractivity contribution in [3.05, 3.63) is 119 Å². The lowest BCUT2D eigenvalue weighted by Crippen LogP contribution is -2.52. The van der Waals surface area contributed by atoms with Gasteiger partial charge in [-0.3, -0.25) is 9.05 Å². The van der Waals surface area contributed by atoms with Gasteiger partial charge in [0.1, 0.15) is 0 Å². The van der Waals surface area contributed by atoms with Crippen LogP contribution in [0.15, 0.2) is 97.1 Å². The molecule has 0 radical (unpaired) electrons. The van der Waals surface area contributed by atoms with Crippen LogP contribution in [0.3, 0.4) is 0 Å². The van der Waals surface area contributed by atoms with Gasteiger partial charge >= 0.3 is 8.60 Å². The van der Waals surface area contributed by atoms with Crippen molar-refractivity contribution < 1.29 is 13.9 Å². The molecule has 1 N–H and O–H groups in total. The van der Waals surface area contributed by atoms with E-state index in [4.69, 9.17) is 9.05 Å². The summed E-state index contributed by atoms with van der Waals surface area (Å²) in [7, 11) is -2.12. The highest BCUT2D eigenvalue weighted by Gasteiger charge is 2.70. The van der Waals surface area contributed by atoms with Crippen LogP contribution in [0.2, 0.25) is 0 Å². The third-order valence-electron chi connectivity index (χ3n) is 8.21. The van der Waals surface area contributed by atoms with Crippen LogP contribution in [0.25, 0.3) is 43.1 Å². The maximum Gasteiger partial charge on any atom is 0.332 e. The Balaban J connectivity index is 1.67. The molecule has 3 aliphatic rings. The Bertz CT molecular complexity index is 1640. The second-order valence-electron chi connectivity index (χ2n) is 9.53. The summed E-state index contributed by atoms with van der Waals surface area (Å²) in [5.41, 5.74) is 2.27. The van der Waals surface area contributed by atoms with Crippen molar-refractivity contribution in [3.8, 4) is 0 Å². The van der Waals surface area contributed by atoms with E-state index in [0.29, 0.717) is 0 Å². The first-order valence-corrected chi connectivity index (χ1v) is 12.7. The van der Waals surface area contributed by atoms with Crippen LogP contribution in [0.4, 0.5) is 0 Å². The van der Waals surface area contributed by atoms with Gasteiger partial charge in [0.15, 0.2) is 11.2 Å². The van der Waals surface area contributed by atoms with E-state index in [2.05, 4.69) is 97.1 Å². The molecule has 1 saturated heterocycles. The quantitative estimate of drug-likeness (QED) is 0.191. The van der Waals surface area contributed by atoms with Gasteiger partial charge in [0.25, 0.3) is 0 Å². The molecule has 1 fully saturated rings. The van der Waals surface area contributed by atoms with E-state index in [0.717, 1.165) is 22.3 Å². The smallest absolute Gasteiger partial charge is 0.328 e. The predicted octanol–water partition coefficient (Wildman–Crippen LogP) is 7.38. The molecule has 0 saturated carbocycles. The maximum absolute atomic E-state index is 11.2. The van der Waals surface area contributed by atoms with Gasteiger partial charge in [0.05, 0.1) is 0 Å². The number of rotatable bonds is 0. The van der Waals surface area contributed by atoms with Crippen molar-refractivity contribution in [2.45, 2.75) is 11.2 Å². The Morgan fingerprint density at radius 2 is 0.735 bits per heavy atom. The zero-order valence-corrected chi connectivity index (χ0v) is 18.8. The Morgan fingerprint density at radius 1 is 0.441 bits per heavy atom. The molecule has 9 rings (SSSR count). The predicted molar refractivity (Wildman–Crippen MR) is 136 cm³/mol. The molecule has 0 bridgehead atoms. The van der Waals surface area contributed by atoms with Crippen molar-refractivity contribution in [2.24, 2.45) is 0 Å². The van der Waals surface area contributed by atoms with E-state index < -0.39 is 19.8 Å². The fourth-order valence-corrected chi connectivity index (χ4v) is 8.27. The molecular weight excluding hydrogens is 439 g/mol. The molecule has 0 unspecified atom stereocenters. The van der Waals surface area contributed by atoms with Gasteiger partial charge in [-0.2, -0.15) is 0 Å². The van der Waals surface area contributed by atoms with Crippen molar-refractivity contribution in [2.75, 3.05) is 0 Å². The molecule has 34 heavy (non-hydrogen) atoms. The van der Waals surface area contributed by atoms with Crippen molar-refractivity contribution in [1.29, 1.82) is 0 Å². The van der Waals surface area contributed by atoms with Crippen LogP contribution < -0.4 is 0 Å². The van der Waals surface area contributed by atoms with Crippen LogP contribution in [-0.4, -0.2) is 4.89 Å². The average molecular weight is 456 g/mol.